The molecule has 0 bridgehead atoms. The number of carbonyl (C=O) groups is 2. The molecule has 24 heavy (non-hydrogen) atoms. The lowest BCUT2D eigenvalue weighted by Crippen LogP contribution is -2.48. The van der Waals surface area contributed by atoms with E-state index in [0.717, 1.165) is 25.9 Å². The van der Waals surface area contributed by atoms with Crippen molar-refractivity contribution in [3.8, 4) is 0 Å². The standard InChI is InChI=1S/C18H25N3O3/c1-14(15-5-3-2-4-6-15)11-21-13-18(24-17(21)23)7-9-20(10-8-18)12-16(19)22/h2-6,14H,7-13H2,1H3,(H2,19,22)/t14-/m1/s1. The first-order chi connectivity index (χ1) is 11.5. The third-order valence-corrected chi connectivity index (χ3v) is 5.05. The zero-order valence-corrected chi connectivity index (χ0v) is 14.1. The molecule has 2 saturated heterocycles. The van der Waals surface area contributed by atoms with E-state index < -0.39 is 5.60 Å². The van der Waals surface area contributed by atoms with Gasteiger partial charge in [0.1, 0.15) is 5.60 Å². The van der Waals surface area contributed by atoms with Crippen molar-refractivity contribution in [2.24, 2.45) is 5.73 Å². The zero-order valence-electron chi connectivity index (χ0n) is 14.1. The highest BCUT2D eigenvalue weighted by Gasteiger charge is 2.47. The van der Waals surface area contributed by atoms with E-state index in [0.29, 0.717) is 13.1 Å². The topological polar surface area (TPSA) is 75.9 Å². The van der Waals surface area contributed by atoms with Gasteiger partial charge in [0, 0.05) is 32.5 Å². The molecule has 6 nitrogen and oxygen atoms in total. The van der Waals surface area contributed by atoms with Crippen molar-refractivity contribution < 1.29 is 14.3 Å². The molecule has 0 saturated carbocycles. The van der Waals surface area contributed by atoms with Gasteiger partial charge in [0.2, 0.25) is 5.91 Å². The third kappa shape index (κ3) is 3.70. The zero-order chi connectivity index (χ0) is 17.2. The van der Waals surface area contributed by atoms with Gasteiger partial charge in [0.05, 0.1) is 13.1 Å². The molecular formula is C18H25N3O3. The highest BCUT2D eigenvalue weighted by Crippen LogP contribution is 2.34. The van der Waals surface area contributed by atoms with Gasteiger partial charge in [-0.15, -0.1) is 0 Å². The maximum absolute atomic E-state index is 12.3. The van der Waals surface area contributed by atoms with E-state index in [9.17, 15) is 9.59 Å². The summed E-state index contributed by atoms with van der Waals surface area (Å²) in [6.07, 6.45) is 1.28. The number of carbonyl (C=O) groups excluding carboxylic acids is 2. The summed E-state index contributed by atoms with van der Waals surface area (Å²) in [6, 6.07) is 10.2. The molecule has 3 rings (SSSR count). The van der Waals surface area contributed by atoms with E-state index in [1.54, 1.807) is 0 Å². The molecule has 0 aliphatic carbocycles. The minimum atomic E-state index is -0.401. The van der Waals surface area contributed by atoms with Crippen molar-refractivity contribution in [2.45, 2.75) is 31.3 Å². The fourth-order valence-corrected chi connectivity index (χ4v) is 3.65. The molecule has 1 atom stereocenters. The molecule has 2 amide bonds. The molecule has 1 spiro atoms. The first-order valence-electron chi connectivity index (χ1n) is 8.51. The van der Waals surface area contributed by atoms with Crippen LogP contribution >= 0.6 is 0 Å². The Balaban J connectivity index is 1.57. The van der Waals surface area contributed by atoms with E-state index in [2.05, 4.69) is 19.1 Å². The van der Waals surface area contributed by atoms with Crippen molar-refractivity contribution >= 4 is 12.0 Å². The lowest BCUT2D eigenvalue weighted by atomic mass is 9.91. The van der Waals surface area contributed by atoms with Crippen LogP contribution in [0.2, 0.25) is 0 Å². The molecule has 0 radical (unpaired) electrons. The maximum atomic E-state index is 12.3. The minimum Gasteiger partial charge on any atom is -0.441 e. The number of amides is 2. The van der Waals surface area contributed by atoms with Crippen LogP contribution in [0.25, 0.3) is 0 Å². The molecule has 6 heteroatoms. The highest BCUT2D eigenvalue weighted by molar-refractivity contribution is 5.76. The Labute approximate surface area is 142 Å². The molecule has 2 fully saturated rings. The minimum absolute atomic E-state index is 0.221. The monoisotopic (exact) mass is 331 g/mol. The van der Waals surface area contributed by atoms with Crippen LogP contribution in [-0.2, 0) is 9.53 Å². The summed E-state index contributed by atoms with van der Waals surface area (Å²) in [6.45, 7) is 5.17. The number of piperidine rings is 1. The Bertz CT molecular complexity index is 597. The molecule has 0 unspecified atom stereocenters. The normalized spacial score (nSPS) is 21.7. The van der Waals surface area contributed by atoms with Crippen LogP contribution in [0.3, 0.4) is 0 Å². The Kier molecular flexibility index (Phi) is 4.76. The second-order valence-electron chi connectivity index (χ2n) is 6.99. The van der Waals surface area contributed by atoms with Crippen molar-refractivity contribution in [3.63, 3.8) is 0 Å². The molecule has 2 aliphatic heterocycles. The van der Waals surface area contributed by atoms with Crippen molar-refractivity contribution in [3.05, 3.63) is 35.9 Å². The van der Waals surface area contributed by atoms with Crippen LogP contribution in [-0.4, -0.2) is 60.1 Å². The van der Waals surface area contributed by atoms with E-state index in [1.165, 1.54) is 5.56 Å². The molecule has 2 N–H and O–H groups in total. The second-order valence-corrected chi connectivity index (χ2v) is 6.99. The molecule has 0 aromatic heterocycles. The number of ether oxygens (including phenoxy) is 1. The van der Waals surface area contributed by atoms with Gasteiger partial charge >= 0.3 is 6.09 Å². The van der Waals surface area contributed by atoms with Gasteiger partial charge in [-0.1, -0.05) is 37.3 Å². The summed E-state index contributed by atoms with van der Waals surface area (Å²) in [5, 5.41) is 0. The largest absolute Gasteiger partial charge is 0.441 e. The maximum Gasteiger partial charge on any atom is 0.410 e. The number of rotatable bonds is 5. The summed E-state index contributed by atoms with van der Waals surface area (Å²) in [7, 11) is 0. The number of primary amides is 1. The Hall–Kier alpha value is -2.08. The third-order valence-electron chi connectivity index (χ3n) is 5.05. The van der Waals surface area contributed by atoms with Gasteiger partial charge in [0.15, 0.2) is 0 Å². The lowest BCUT2D eigenvalue weighted by molar-refractivity contribution is -0.120. The van der Waals surface area contributed by atoms with Crippen LogP contribution in [0, 0.1) is 0 Å². The van der Waals surface area contributed by atoms with Gasteiger partial charge < -0.3 is 15.4 Å². The summed E-state index contributed by atoms with van der Waals surface area (Å²) in [5.74, 6) is -0.0449. The predicted molar refractivity (Wildman–Crippen MR) is 90.5 cm³/mol. The van der Waals surface area contributed by atoms with E-state index >= 15 is 0 Å². The number of benzene rings is 1. The summed E-state index contributed by atoms with van der Waals surface area (Å²) in [5.41, 5.74) is 6.07. The molecule has 1 aromatic carbocycles. The number of nitrogens with two attached hydrogens (primary N) is 1. The van der Waals surface area contributed by atoms with Gasteiger partial charge in [-0.2, -0.15) is 0 Å². The van der Waals surface area contributed by atoms with Crippen LogP contribution < -0.4 is 5.73 Å². The van der Waals surface area contributed by atoms with E-state index in [-0.39, 0.29) is 24.5 Å². The van der Waals surface area contributed by atoms with Crippen molar-refractivity contribution in [1.29, 1.82) is 0 Å². The second kappa shape index (κ2) is 6.81. The fraction of sp³-hybridized carbons (Fsp3) is 0.556. The van der Waals surface area contributed by atoms with Crippen molar-refractivity contribution in [1.82, 2.24) is 9.80 Å². The van der Waals surface area contributed by atoms with Crippen LogP contribution in [0.4, 0.5) is 4.79 Å². The van der Waals surface area contributed by atoms with Crippen LogP contribution in [0.15, 0.2) is 30.3 Å². The number of hydrogen-bond donors (Lipinski definition) is 1. The first kappa shape index (κ1) is 16.8. The molecule has 130 valence electrons. The predicted octanol–water partition coefficient (Wildman–Crippen LogP) is 1.56. The average Bonchev–Trinajstić information content (AvgIpc) is 2.86. The molecule has 2 aliphatic rings. The summed E-state index contributed by atoms with van der Waals surface area (Å²) < 4.78 is 5.74. The number of likely N-dealkylation sites (tertiary alicyclic amines) is 1. The number of hydrogen-bond acceptors (Lipinski definition) is 4. The molecular weight excluding hydrogens is 306 g/mol. The van der Waals surface area contributed by atoms with Crippen LogP contribution in [0.5, 0.6) is 0 Å². The Morgan fingerprint density at radius 3 is 2.58 bits per heavy atom. The quantitative estimate of drug-likeness (QED) is 0.888. The molecule has 2 heterocycles. The Morgan fingerprint density at radius 2 is 1.96 bits per heavy atom. The van der Waals surface area contributed by atoms with Crippen LogP contribution in [0.1, 0.15) is 31.2 Å². The van der Waals surface area contributed by atoms with Gasteiger partial charge in [-0.25, -0.2) is 4.79 Å². The van der Waals surface area contributed by atoms with Gasteiger partial charge in [-0.05, 0) is 11.5 Å². The van der Waals surface area contributed by atoms with Gasteiger partial charge in [-0.3, -0.25) is 9.69 Å². The summed E-state index contributed by atoms with van der Waals surface area (Å²) in [4.78, 5) is 27.2. The van der Waals surface area contributed by atoms with Gasteiger partial charge in [0.25, 0.3) is 0 Å². The van der Waals surface area contributed by atoms with E-state index in [1.807, 2.05) is 28.0 Å². The SMILES string of the molecule is C[C@H](CN1CC2(CCN(CC(N)=O)CC2)OC1=O)c1ccccc1. The average molecular weight is 331 g/mol. The fourth-order valence-electron chi connectivity index (χ4n) is 3.65. The van der Waals surface area contributed by atoms with E-state index in [4.69, 9.17) is 10.5 Å². The molecule has 1 aromatic rings. The lowest BCUT2D eigenvalue weighted by Gasteiger charge is -2.36. The summed E-state index contributed by atoms with van der Waals surface area (Å²) >= 11 is 0. The first-order valence-corrected chi connectivity index (χ1v) is 8.51. The Morgan fingerprint density at radius 1 is 1.29 bits per heavy atom. The highest BCUT2D eigenvalue weighted by atomic mass is 16.6. The smallest absolute Gasteiger partial charge is 0.410 e. The van der Waals surface area contributed by atoms with Crippen molar-refractivity contribution in [2.75, 3.05) is 32.7 Å². The number of nitrogens with zero attached hydrogens (tertiary/aromatic N) is 2.